The van der Waals surface area contributed by atoms with Gasteiger partial charge in [-0.25, -0.2) is 14.6 Å². The van der Waals surface area contributed by atoms with Gasteiger partial charge in [-0.05, 0) is 70.2 Å². The first-order valence-electron chi connectivity index (χ1n) is 11.9. The molecule has 0 saturated carbocycles. The summed E-state index contributed by atoms with van der Waals surface area (Å²) in [5.74, 6) is 0.216. The molecule has 9 nitrogen and oxygen atoms in total. The maximum atomic E-state index is 13.9. The molecule has 0 unspecified atom stereocenters. The summed E-state index contributed by atoms with van der Waals surface area (Å²) in [6.07, 6.45) is -1.15. The minimum absolute atomic E-state index is 0.211. The number of rotatable bonds is 5. The maximum Gasteiger partial charge on any atom is 0.408 e. The monoisotopic (exact) mass is 533 g/mol. The normalized spacial score (nSPS) is 12.1. The van der Waals surface area contributed by atoms with Crippen LogP contribution >= 0.6 is 11.6 Å². The maximum absolute atomic E-state index is 13.9. The molecule has 3 aromatic carbocycles. The molecule has 0 fully saturated rings. The van der Waals surface area contributed by atoms with Gasteiger partial charge in [-0.2, -0.15) is 0 Å². The molecule has 0 radical (unpaired) electrons. The fourth-order valence-corrected chi connectivity index (χ4v) is 4.67. The zero-order valence-corrected chi connectivity index (χ0v) is 22.2. The third-order valence-corrected chi connectivity index (χ3v) is 6.27. The molecule has 4 aromatic rings. The molecule has 0 bridgehead atoms. The van der Waals surface area contributed by atoms with E-state index in [2.05, 4.69) is 10.6 Å². The van der Waals surface area contributed by atoms with E-state index in [9.17, 15) is 19.5 Å². The number of benzene rings is 3. The number of aromatic nitrogens is 2. The van der Waals surface area contributed by atoms with E-state index < -0.39 is 29.3 Å². The largest absolute Gasteiger partial charge is 0.465 e. The van der Waals surface area contributed by atoms with E-state index in [1.54, 1.807) is 94.4 Å². The van der Waals surface area contributed by atoms with E-state index in [0.29, 0.717) is 22.6 Å². The van der Waals surface area contributed by atoms with Gasteiger partial charge in [0, 0.05) is 16.9 Å². The zero-order chi connectivity index (χ0) is 27.6. The fraction of sp³-hybridized carbons (Fsp3) is 0.214. The minimum Gasteiger partial charge on any atom is -0.465 e. The van der Waals surface area contributed by atoms with E-state index in [1.165, 1.54) is 9.47 Å². The van der Waals surface area contributed by atoms with Crippen molar-refractivity contribution in [3.05, 3.63) is 94.0 Å². The third-order valence-electron chi connectivity index (χ3n) is 5.96. The second-order valence-electron chi connectivity index (χ2n) is 9.74. The highest BCUT2D eigenvalue weighted by atomic mass is 35.5. The third kappa shape index (κ3) is 5.47. The van der Waals surface area contributed by atoms with Crippen LogP contribution < -0.4 is 16.2 Å². The number of urea groups is 1. The van der Waals surface area contributed by atoms with E-state index >= 15 is 0 Å². The van der Waals surface area contributed by atoms with Crippen molar-refractivity contribution in [3.8, 4) is 5.69 Å². The van der Waals surface area contributed by atoms with Crippen LogP contribution in [0.4, 0.5) is 21.0 Å². The Morgan fingerprint density at radius 1 is 0.974 bits per heavy atom. The number of fused-ring (bicyclic) bond motifs is 1. The standard InChI is InChI=1S/C28H28ClN5O4/c1-17(34(27(37)38)28(2,3)4)24-32-22-15-9-14-21(29)23(22)25(35)33(24)20-13-8-12-19(16-20)31-26(36)30-18-10-6-5-7-11-18/h5-17H,1-4H3,(H,37,38)(H2,30,31,36)/t17-/m0/s1. The Labute approximate surface area is 224 Å². The Morgan fingerprint density at radius 3 is 2.26 bits per heavy atom. The van der Waals surface area contributed by atoms with Gasteiger partial charge in [0.1, 0.15) is 5.82 Å². The Balaban J connectivity index is 1.84. The number of halogens is 1. The first kappa shape index (κ1) is 26.7. The number of anilines is 2. The van der Waals surface area contributed by atoms with Crippen molar-refractivity contribution in [1.82, 2.24) is 14.5 Å². The summed E-state index contributed by atoms with van der Waals surface area (Å²) in [5, 5.41) is 16.0. The lowest BCUT2D eigenvalue weighted by Gasteiger charge is -2.38. The van der Waals surface area contributed by atoms with Gasteiger partial charge in [-0.3, -0.25) is 14.3 Å². The molecule has 1 aromatic heterocycles. The molecule has 196 valence electrons. The van der Waals surface area contributed by atoms with Gasteiger partial charge in [-0.15, -0.1) is 0 Å². The first-order chi connectivity index (χ1) is 18.0. The molecule has 0 aliphatic rings. The molecule has 4 rings (SSSR count). The molecule has 3 amide bonds. The Hall–Kier alpha value is -4.37. The van der Waals surface area contributed by atoms with E-state index in [-0.39, 0.29) is 16.2 Å². The summed E-state index contributed by atoms with van der Waals surface area (Å²) in [7, 11) is 0. The average molecular weight is 534 g/mol. The number of amides is 3. The molecular weight excluding hydrogens is 506 g/mol. The van der Waals surface area contributed by atoms with E-state index in [0.717, 1.165) is 0 Å². The fourth-order valence-electron chi connectivity index (χ4n) is 4.42. The summed E-state index contributed by atoms with van der Waals surface area (Å²) >= 11 is 6.39. The SMILES string of the molecule is C[C@@H](c1nc2cccc(Cl)c2c(=O)n1-c1cccc(NC(=O)Nc2ccccc2)c1)N(C(=O)O)C(C)(C)C. The van der Waals surface area contributed by atoms with Crippen LogP contribution in [-0.4, -0.2) is 37.2 Å². The zero-order valence-electron chi connectivity index (χ0n) is 21.4. The molecule has 0 saturated heterocycles. The van der Waals surface area contributed by atoms with Crippen molar-refractivity contribution in [2.24, 2.45) is 0 Å². The van der Waals surface area contributed by atoms with Crippen LogP contribution in [0.5, 0.6) is 0 Å². The Morgan fingerprint density at radius 2 is 1.61 bits per heavy atom. The summed E-state index contributed by atoms with van der Waals surface area (Å²) < 4.78 is 1.35. The van der Waals surface area contributed by atoms with Crippen molar-refractivity contribution in [2.45, 2.75) is 39.3 Å². The average Bonchev–Trinajstić information content (AvgIpc) is 2.83. The van der Waals surface area contributed by atoms with Gasteiger partial charge in [0.05, 0.1) is 27.7 Å². The number of carbonyl (C=O) groups is 2. The number of carbonyl (C=O) groups excluding carboxylic acids is 1. The minimum atomic E-state index is -1.15. The van der Waals surface area contributed by atoms with Gasteiger partial charge < -0.3 is 15.7 Å². The van der Waals surface area contributed by atoms with Gasteiger partial charge in [0.15, 0.2) is 0 Å². The van der Waals surface area contributed by atoms with Crippen LogP contribution in [0, 0.1) is 0 Å². The predicted octanol–water partition coefficient (Wildman–Crippen LogP) is 6.52. The molecule has 38 heavy (non-hydrogen) atoms. The number of nitrogens with zero attached hydrogens (tertiary/aromatic N) is 3. The topological polar surface area (TPSA) is 117 Å². The quantitative estimate of drug-likeness (QED) is 0.270. The highest BCUT2D eigenvalue weighted by Crippen LogP contribution is 2.30. The van der Waals surface area contributed by atoms with E-state index in [4.69, 9.17) is 16.6 Å². The van der Waals surface area contributed by atoms with Crippen LogP contribution in [0.25, 0.3) is 16.6 Å². The molecule has 3 N–H and O–H groups in total. The van der Waals surface area contributed by atoms with Crippen LogP contribution in [0.1, 0.15) is 39.6 Å². The van der Waals surface area contributed by atoms with Gasteiger partial charge in [0.25, 0.3) is 5.56 Å². The summed E-state index contributed by atoms with van der Waals surface area (Å²) in [4.78, 5) is 44.7. The smallest absolute Gasteiger partial charge is 0.408 e. The second kappa shape index (κ2) is 10.5. The lowest BCUT2D eigenvalue weighted by atomic mass is 10.0. The molecule has 10 heteroatoms. The first-order valence-corrected chi connectivity index (χ1v) is 12.3. The van der Waals surface area contributed by atoms with Crippen LogP contribution in [-0.2, 0) is 0 Å². The van der Waals surface area contributed by atoms with Crippen LogP contribution in [0.2, 0.25) is 5.02 Å². The van der Waals surface area contributed by atoms with Gasteiger partial charge in [-0.1, -0.05) is 41.9 Å². The van der Waals surface area contributed by atoms with Crippen molar-refractivity contribution >= 4 is 46.0 Å². The highest BCUT2D eigenvalue weighted by molar-refractivity contribution is 6.35. The van der Waals surface area contributed by atoms with Crippen molar-refractivity contribution in [2.75, 3.05) is 10.6 Å². The van der Waals surface area contributed by atoms with Crippen molar-refractivity contribution < 1.29 is 14.7 Å². The summed E-state index contributed by atoms with van der Waals surface area (Å²) in [6.45, 7) is 7.00. The van der Waals surface area contributed by atoms with Crippen molar-refractivity contribution in [1.29, 1.82) is 0 Å². The number of nitrogens with one attached hydrogen (secondary N) is 2. The number of hydrogen-bond donors (Lipinski definition) is 3. The molecule has 0 aliphatic carbocycles. The predicted molar refractivity (Wildman–Crippen MR) is 149 cm³/mol. The second-order valence-corrected chi connectivity index (χ2v) is 10.1. The summed E-state index contributed by atoms with van der Waals surface area (Å²) in [6, 6.07) is 19.3. The van der Waals surface area contributed by atoms with Crippen LogP contribution in [0.3, 0.4) is 0 Å². The molecule has 0 aliphatic heterocycles. The lowest BCUT2D eigenvalue weighted by molar-refractivity contribution is 0.0719. The lowest BCUT2D eigenvalue weighted by Crippen LogP contribution is -2.47. The van der Waals surface area contributed by atoms with E-state index in [1.807, 2.05) is 6.07 Å². The number of para-hydroxylation sites is 1. The number of carboxylic acid groups (broad SMARTS) is 1. The Kier molecular flexibility index (Phi) is 7.41. The summed E-state index contributed by atoms with van der Waals surface area (Å²) in [5.41, 5.74) is 0.562. The molecular formula is C28H28ClN5O4. The van der Waals surface area contributed by atoms with Crippen LogP contribution in [0.15, 0.2) is 77.6 Å². The highest BCUT2D eigenvalue weighted by Gasteiger charge is 2.34. The molecule has 0 spiro atoms. The van der Waals surface area contributed by atoms with Gasteiger partial charge >= 0.3 is 12.1 Å². The molecule has 1 heterocycles. The number of hydrogen-bond acceptors (Lipinski definition) is 4. The molecule has 1 atom stereocenters. The van der Waals surface area contributed by atoms with Crippen molar-refractivity contribution in [3.63, 3.8) is 0 Å². The Bertz CT molecular complexity index is 1560. The van der Waals surface area contributed by atoms with Gasteiger partial charge in [0.2, 0.25) is 0 Å².